The largest absolute Gasteiger partial charge is 0.449 e. The molecular weight excluding hydrogens is 363 g/mol. The van der Waals surface area contributed by atoms with Crippen LogP contribution in [0.1, 0.15) is 22.8 Å². The number of nitrogens with one attached hydrogen (secondary N) is 1. The number of esters is 1. The van der Waals surface area contributed by atoms with Gasteiger partial charge in [-0.3, -0.25) is 9.52 Å². The number of benzene rings is 2. The number of amides is 1. The standard InChI is InChI=1S/C17H17FN2O5S/c1-10-6-7-13(18)9-15(10)26(23,24)20-14-5-3-4-12(8-14)17(22)25-11(2)16(19)21/h3-9,11,20H,1-2H3,(H2,19,21)/t11-/m0/s1. The topological polar surface area (TPSA) is 116 Å². The highest BCUT2D eigenvalue weighted by Crippen LogP contribution is 2.21. The molecule has 2 aromatic carbocycles. The van der Waals surface area contributed by atoms with Crippen molar-refractivity contribution in [3.8, 4) is 0 Å². The van der Waals surface area contributed by atoms with Crippen LogP contribution in [0, 0.1) is 12.7 Å². The molecule has 2 aromatic rings. The van der Waals surface area contributed by atoms with Crippen molar-refractivity contribution in [2.45, 2.75) is 24.8 Å². The molecule has 0 aliphatic rings. The second kappa shape index (κ2) is 7.52. The van der Waals surface area contributed by atoms with E-state index in [9.17, 15) is 22.4 Å². The average molecular weight is 380 g/mol. The minimum atomic E-state index is -4.06. The summed E-state index contributed by atoms with van der Waals surface area (Å²) in [6.45, 7) is 2.85. The third-order valence-corrected chi connectivity index (χ3v) is 5.00. The van der Waals surface area contributed by atoms with Gasteiger partial charge in [0.1, 0.15) is 5.82 Å². The van der Waals surface area contributed by atoms with Gasteiger partial charge in [0.2, 0.25) is 0 Å². The predicted molar refractivity (Wildman–Crippen MR) is 92.5 cm³/mol. The molecule has 0 radical (unpaired) electrons. The van der Waals surface area contributed by atoms with Crippen molar-refractivity contribution >= 4 is 27.6 Å². The lowest BCUT2D eigenvalue weighted by molar-refractivity contribution is -0.125. The maximum absolute atomic E-state index is 13.4. The molecule has 0 fully saturated rings. The van der Waals surface area contributed by atoms with E-state index in [0.717, 1.165) is 12.1 Å². The van der Waals surface area contributed by atoms with E-state index in [2.05, 4.69) is 4.72 Å². The number of halogens is 1. The van der Waals surface area contributed by atoms with Crippen molar-refractivity contribution in [1.29, 1.82) is 0 Å². The van der Waals surface area contributed by atoms with Crippen LogP contribution >= 0.6 is 0 Å². The molecule has 26 heavy (non-hydrogen) atoms. The summed E-state index contributed by atoms with van der Waals surface area (Å²) in [4.78, 5) is 22.7. The number of nitrogens with two attached hydrogens (primary N) is 1. The molecule has 0 unspecified atom stereocenters. The van der Waals surface area contributed by atoms with Gasteiger partial charge in [-0.25, -0.2) is 17.6 Å². The molecule has 0 spiro atoms. The van der Waals surface area contributed by atoms with Gasteiger partial charge in [0.15, 0.2) is 6.10 Å². The number of hydrogen-bond acceptors (Lipinski definition) is 5. The van der Waals surface area contributed by atoms with Gasteiger partial charge in [-0.05, 0) is 49.7 Å². The number of carbonyl (C=O) groups excluding carboxylic acids is 2. The summed E-state index contributed by atoms with van der Waals surface area (Å²) < 4.78 is 45.5. The first-order chi connectivity index (χ1) is 12.1. The molecule has 0 aliphatic heterocycles. The molecule has 1 amide bonds. The molecule has 0 aromatic heterocycles. The Morgan fingerprint density at radius 3 is 2.54 bits per heavy atom. The Morgan fingerprint density at radius 2 is 1.88 bits per heavy atom. The average Bonchev–Trinajstić information content (AvgIpc) is 2.56. The highest BCUT2D eigenvalue weighted by molar-refractivity contribution is 7.92. The zero-order chi connectivity index (χ0) is 19.5. The molecular formula is C17H17FN2O5S. The summed E-state index contributed by atoms with van der Waals surface area (Å²) in [5.41, 5.74) is 5.49. The Hall–Kier alpha value is -2.94. The number of sulfonamides is 1. The van der Waals surface area contributed by atoms with Crippen molar-refractivity contribution in [1.82, 2.24) is 0 Å². The lowest BCUT2D eigenvalue weighted by Gasteiger charge is -2.12. The minimum absolute atomic E-state index is 0.0225. The van der Waals surface area contributed by atoms with Gasteiger partial charge in [-0.1, -0.05) is 12.1 Å². The van der Waals surface area contributed by atoms with E-state index in [0.29, 0.717) is 5.56 Å². The Labute approximate surface area is 150 Å². The van der Waals surface area contributed by atoms with Crippen LogP contribution < -0.4 is 10.5 Å². The highest BCUT2D eigenvalue weighted by Gasteiger charge is 2.20. The Balaban J connectivity index is 2.26. The summed E-state index contributed by atoms with van der Waals surface area (Å²) in [6, 6.07) is 8.89. The van der Waals surface area contributed by atoms with Crippen LogP contribution in [0.2, 0.25) is 0 Å². The fraction of sp³-hybridized carbons (Fsp3) is 0.176. The van der Waals surface area contributed by atoms with E-state index in [1.807, 2.05) is 0 Å². The second-order valence-corrected chi connectivity index (χ2v) is 7.20. The number of primary amides is 1. The first-order valence-electron chi connectivity index (χ1n) is 7.49. The highest BCUT2D eigenvalue weighted by atomic mass is 32.2. The van der Waals surface area contributed by atoms with E-state index < -0.39 is 33.8 Å². The Kier molecular flexibility index (Phi) is 5.61. The van der Waals surface area contributed by atoms with E-state index >= 15 is 0 Å². The minimum Gasteiger partial charge on any atom is -0.449 e. The molecule has 0 saturated heterocycles. The van der Waals surface area contributed by atoms with Crippen LogP contribution in [0.5, 0.6) is 0 Å². The van der Waals surface area contributed by atoms with Crippen molar-refractivity contribution < 1.29 is 27.1 Å². The number of aryl methyl sites for hydroxylation is 1. The van der Waals surface area contributed by atoms with E-state index in [1.54, 1.807) is 0 Å². The van der Waals surface area contributed by atoms with Gasteiger partial charge < -0.3 is 10.5 Å². The van der Waals surface area contributed by atoms with Gasteiger partial charge in [-0.15, -0.1) is 0 Å². The molecule has 0 aliphatic carbocycles. The van der Waals surface area contributed by atoms with Crippen LogP contribution in [0.4, 0.5) is 10.1 Å². The smallest absolute Gasteiger partial charge is 0.338 e. The summed E-state index contributed by atoms with van der Waals surface area (Å²) in [5, 5.41) is 0. The van der Waals surface area contributed by atoms with Gasteiger partial charge in [0, 0.05) is 5.69 Å². The van der Waals surface area contributed by atoms with Crippen LogP contribution in [-0.4, -0.2) is 26.4 Å². The van der Waals surface area contributed by atoms with Gasteiger partial charge in [-0.2, -0.15) is 0 Å². The monoisotopic (exact) mass is 380 g/mol. The quantitative estimate of drug-likeness (QED) is 0.744. The van der Waals surface area contributed by atoms with Crippen LogP contribution in [0.25, 0.3) is 0 Å². The first kappa shape index (κ1) is 19.4. The van der Waals surface area contributed by atoms with Crippen molar-refractivity contribution in [3.63, 3.8) is 0 Å². The van der Waals surface area contributed by atoms with Crippen LogP contribution in [0.15, 0.2) is 47.4 Å². The maximum Gasteiger partial charge on any atom is 0.338 e. The molecule has 0 bridgehead atoms. The third-order valence-electron chi connectivity index (χ3n) is 3.47. The zero-order valence-electron chi connectivity index (χ0n) is 14.0. The summed E-state index contributed by atoms with van der Waals surface area (Å²) in [6.07, 6.45) is -1.13. The fourth-order valence-electron chi connectivity index (χ4n) is 2.07. The molecule has 138 valence electrons. The molecule has 1 atom stereocenters. The maximum atomic E-state index is 13.4. The van der Waals surface area contributed by atoms with Gasteiger partial charge in [0.25, 0.3) is 15.9 Å². The number of ether oxygens (including phenoxy) is 1. The molecule has 3 N–H and O–H groups in total. The Morgan fingerprint density at radius 1 is 1.19 bits per heavy atom. The summed E-state index contributed by atoms with van der Waals surface area (Å²) in [7, 11) is -4.06. The second-order valence-electron chi connectivity index (χ2n) is 5.55. The number of hydrogen-bond donors (Lipinski definition) is 2. The molecule has 2 rings (SSSR count). The van der Waals surface area contributed by atoms with Crippen molar-refractivity contribution in [2.75, 3.05) is 4.72 Å². The normalized spacial score (nSPS) is 12.3. The Bertz CT molecular complexity index is 959. The number of anilines is 1. The zero-order valence-corrected chi connectivity index (χ0v) is 14.8. The van der Waals surface area contributed by atoms with E-state index in [-0.39, 0.29) is 16.1 Å². The number of rotatable bonds is 6. The summed E-state index contributed by atoms with van der Waals surface area (Å²) in [5.74, 6) is -2.33. The van der Waals surface area contributed by atoms with E-state index in [4.69, 9.17) is 10.5 Å². The summed E-state index contributed by atoms with van der Waals surface area (Å²) >= 11 is 0. The molecule has 7 nitrogen and oxygen atoms in total. The van der Waals surface area contributed by atoms with Crippen molar-refractivity contribution in [3.05, 3.63) is 59.4 Å². The third kappa shape index (κ3) is 4.57. The predicted octanol–water partition coefficient (Wildman–Crippen LogP) is 1.97. The van der Waals surface area contributed by atoms with Crippen molar-refractivity contribution in [2.24, 2.45) is 5.73 Å². The van der Waals surface area contributed by atoms with E-state index in [1.165, 1.54) is 44.2 Å². The molecule has 9 heteroatoms. The van der Waals surface area contributed by atoms with Gasteiger partial charge in [0.05, 0.1) is 10.5 Å². The SMILES string of the molecule is Cc1ccc(F)cc1S(=O)(=O)Nc1cccc(C(=O)O[C@@H](C)C(N)=O)c1. The first-order valence-corrected chi connectivity index (χ1v) is 8.98. The lowest BCUT2D eigenvalue weighted by atomic mass is 10.2. The van der Waals surface area contributed by atoms with Crippen LogP contribution in [0.3, 0.4) is 0 Å². The fourth-order valence-corrected chi connectivity index (χ4v) is 3.38. The van der Waals surface area contributed by atoms with Crippen LogP contribution in [-0.2, 0) is 19.6 Å². The molecule has 0 heterocycles. The number of carbonyl (C=O) groups is 2. The lowest BCUT2D eigenvalue weighted by Crippen LogP contribution is -2.30. The molecule has 0 saturated carbocycles. The van der Waals surface area contributed by atoms with Gasteiger partial charge >= 0.3 is 5.97 Å².